The van der Waals surface area contributed by atoms with E-state index in [1.165, 1.54) is 4.90 Å². The van der Waals surface area contributed by atoms with Gasteiger partial charge in [-0.2, -0.15) is 0 Å². The normalized spacial score (nSPS) is 25.6. The molecule has 3 aromatic carbocycles. The number of imide groups is 1. The predicted molar refractivity (Wildman–Crippen MR) is 144 cm³/mol. The lowest BCUT2D eigenvalue weighted by Crippen LogP contribution is -2.47. The van der Waals surface area contributed by atoms with E-state index in [2.05, 4.69) is 11.8 Å². The van der Waals surface area contributed by atoms with Gasteiger partial charge in [-0.25, -0.2) is 4.90 Å². The van der Waals surface area contributed by atoms with E-state index in [-0.39, 0.29) is 36.5 Å². The van der Waals surface area contributed by atoms with Crippen molar-refractivity contribution in [3.63, 3.8) is 0 Å². The third kappa shape index (κ3) is 5.02. The molecule has 8 nitrogen and oxygen atoms in total. The largest absolute Gasteiger partial charge is 0.392 e. The van der Waals surface area contributed by atoms with E-state index in [0.29, 0.717) is 30.0 Å². The molecule has 8 heteroatoms. The van der Waals surface area contributed by atoms with Crippen molar-refractivity contribution in [1.29, 1.82) is 0 Å². The Morgan fingerprint density at radius 3 is 2.05 bits per heavy atom. The molecular formula is C31H32N2O6. The van der Waals surface area contributed by atoms with Crippen LogP contribution in [-0.2, 0) is 20.8 Å². The first-order valence-electron chi connectivity index (χ1n) is 13.4. The summed E-state index contributed by atoms with van der Waals surface area (Å²) in [4.78, 5) is 29.4. The molecule has 0 saturated carbocycles. The van der Waals surface area contributed by atoms with Crippen LogP contribution < -0.4 is 4.90 Å². The van der Waals surface area contributed by atoms with Crippen LogP contribution in [0.1, 0.15) is 56.7 Å². The van der Waals surface area contributed by atoms with E-state index >= 15 is 0 Å². The maximum atomic E-state index is 12.9. The number of nitrogens with zero attached hydrogens (tertiary/aromatic N) is 2. The van der Waals surface area contributed by atoms with Gasteiger partial charge in [-0.1, -0.05) is 55.5 Å². The van der Waals surface area contributed by atoms with Gasteiger partial charge in [0, 0.05) is 31.1 Å². The number of carbonyl (C=O) groups is 2. The van der Waals surface area contributed by atoms with Crippen LogP contribution in [0.25, 0.3) is 0 Å². The van der Waals surface area contributed by atoms with E-state index in [0.717, 1.165) is 36.3 Å². The minimum absolute atomic E-state index is 0.00774. The number of anilines is 1. The number of aliphatic hydroxyl groups is 1. The third-order valence-corrected chi connectivity index (χ3v) is 7.88. The molecule has 0 radical (unpaired) electrons. The molecule has 2 saturated heterocycles. The van der Waals surface area contributed by atoms with Crippen molar-refractivity contribution in [3.8, 4) is 0 Å². The van der Waals surface area contributed by atoms with E-state index in [1.54, 1.807) is 36.4 Å². The molecule has 4 atom stereocenters. The van der Waals surface area contributed by atoms with Gasteiger partial charge in [-0.05, 0) is 35.4 Å². The quantitative estimate of drug-likeness (QED) is 0.482. The molecular weight excluding hydrogens is 496 g/mol. The molecule has 3 aliphatic heterocycles. The number of hydrogen-bond acceptors (Lipinski definition) is 7. The first-order valence-corrected chi connectivity index (χ1v) is 13.4. The van der Waals surface area contributed by atoms with Gasteiger partial charge in [-0.15, -0.1) is 0 Å². The second kappa shape index (κ2) is 11.0. The summed E-state index contributed by atoms with van der Waals surface area (Å²) in [6.45, 7) is 6.07. The molecule has 0 aliphatic carbocycles. The van der Waals surface area contributed by atoms with E-state index < -0.39 is 6.29 Å². The first kappa shape index (κ1) is 25.9. The molecule has 3 aromatic rings. The summed E-state index contributed by atoms with van der Waals surface area (Å²) in [7, 11) is 0. The Hall–Kier alpha value is -3.40. The van der Waals surface area contributed by atoms with Gasteiger partial charge in [0.1, 0.15) is 0 Å². The Morgan fingerprint density at radius 1 is 0.821 bits per heavy atom. The van der Waals surface area contributed by atoms with Crippen molar-refractivity contribution < 1.29 is 28.9 Å². The Morgan fingerprint density at radius 2 is 1.44 bits per heavy atom. The standard InChI is InChI=1S/C31H32N2O6/c1-20-27(18-32-14-16-37-17-15-32)38-31(39-28(20)22-8-6-21(19-34)7-9-22)23-10-12-24(13-11-23)33-29(35)25-4-2-3-5-26(25)30(33)36/h2-13,20,27-28,31,34H,14-19H2,1H3. The summed E-state index contributed by atoms with van der Waals surface area (Å²) in [5, 5.41) is 9.48. The average molecular weight is 529 g/mol. The fourth-order valence-electron chi connectivity index (χ4n) is 5.57. The zero-order valence-corrected chi connectivity index (χ0v) is 21.9. The SMILES string of the molecule is CC1C(CN2CCOCC2)OC(c2ccc(N3C(=O)c4ccccc4C3=O)cc2)OC1c1ccc(CO)cc1. The van der Waals surface area contributed by atoms with Crippen LogP contribution in [0.3, 0.4) is 0 Å². The van der Waals surface area contributed by atoms with Crippen LogP contribution in [0.4, 0.5) is 5.69 Å². The Balaban J connectivity index is 1.25. The second-order valence-electron chi connectivity index (χ2n) is 10.3. The highest BCUT2D eigenvalue weighted by atomic mass is 16.7. The van der Waals surface area contributed by atoms with Crippen molar-refractivity contribution >= 4 is 17.5 Å². The summed E-state index contributed by atoms with van der Waals surface area (Å²) in [5.74, 6) is -0.555. The van der Waals surface area contributed by atoms with Crippen molar-refractivity contribution in [2.24, 2.45) is 5.92 Å². The van der Waals surface area contributed by atoms with Gasteiger partial charge in [0.15, 0.2) is 6.29 Å². The average Bonchev–Trinajstić information content (AvgIpc) is 3.24. The van der Waals surface area contributed by atoms with E-state index in [4.69, 9.17) is 14.2 Å². The molecule has 202 valence electrons. The van der Waals surface area contributed by atoms with Gasteiger partial charge in [0.05, 0.1) is 48.8 Å². The van der Waals surface area contributed by atoms with Crippen LogP contribution in [0.15, 0.2) is 72.8 Å². The van der Waals surface area contributed by atoms with Crippen LogP contribution in [0, 0.1) is 5.92 Å². The van der Waals surface area contributed by atoms with Gasteiger partial charge in [0.2, 0.25) is 0 Å². The third-order valence-electron chi connectivity index (χ3n) is 7.88. The molecule has 6 rings (SSSR count). The van der Waals surface area contributed by atoms with Crippen LogP contribution in [0.2, 0.25) is 0 Å². The van der Waals surface area contributed by atoms with Crippen LogP contribution in [-0.4, -0.2) is 60.8 Å². The van der Waals surface area contributed by atoms with Crippen molar-refractivity contribution in [2.45, 2.75) is 32.0 Å². The maximum Gasteiger partial charge on any atom is 0.266 e. The Labute approximate surface area is 227 Å². The first-order chi connectivity index (χ1) is 19.0. The number of fused-ring (bicyclic) bond motifs is 1. The Kier molecular flexibility index (Phi) is 7.29. The highest BCUT2D eigenvalue weighted by Crippen LogP contribution is 2.42. The zero-order chi connectivity index (χ0) is 26.9. The molecule has 2 amide bonds. The van der Waals surface area contributed by atoms with Gasteiger partial charge in [0.25, 0.3) is 11.8 Å². The summed E-state index contributed by atoms with van der Waals surface area (Å²) < 4.78 is 18.6. The van der Waals surface area contributed by atoms with Crippen LogP contribution in [0.5, 0.6) is 0 Å². The molecule has 0 bridgehead atoms. The number of rotatable bonds is 6. The summed E-state index contributed by atoms with van der Waals surface area (Å²) >= 11 is 0. The number of aliphatic hydroxyl groups excluding tert-OH is 1. The lowest BCUT2D eigenvalue weighted by atomic mass is 9.90. The smallest absolute Gasteiger partial charge is 0.266 e. The molecule has 1 N–H and O–H groups in total. The minimum Gasteiger partial charge on any atom is -0.392 e. The number of morpholine rings is 1. The summed E-state index contributed by atoms with van der Waals surface area (Å²) in [6, 6.07) is 22.0. The number of amides is 2. The molecule has 0 aromatic heterocycles. The zero-order valence-electron chi connectivity index (χ0n) is 21.9. The highest BCUT2D eigenvalue weighted by Gasteiger charge is 2.40. The molecule has 2 fully saturated rings. The van der Waals surface area contributed by atoms with E-state index in [9.17, 15) is 14.7 Å². The monoisotopic (exact) mass is 528 g/mol. The fraction of sp³-hybridized carbons (Fsp3) is 0.355. The van der Waals surface area contributed by atoms with Gasteiger partial charge < -0.3 is 19.3 Å². The topological polar surface area (TPSA) is 88.5 Å². The number of ether oxygens (including phenoxy) is 3. The van der Waals surface area contributed by atoms with Crippen LogP contribution >= 0.6 is 0 Å². The van der Waals surface area contributed by atoms with Gasteiger partial charge >= 0.3 is 0 Å². The minimum atomic E-state index is -0.619. The second-order valence-corrected chi connectivity index (χ2v) is 10.3. The molecule has 3 heterocycles. The number of hydrogen-bond donors (Lipinski definition) is 1. The maximum absolute atomic E-state index is 12.9. The number of carbonyl (C=O) groups excluding carboxylic acids is 2. The fourth-order valence-corrected chi connectivity index (χ4v) is 5.57. The van der Waals surface area contributed by atoms with Crippen molar-refractivity contribution in [1.82, 2.24) is 4.90 Å². The molecule has 3 aliphatic rings. The summed E-state index contributed by atoms with van der Waals surface area (Å²) in [5.41, 5.74) is 4.04. The lowest BCUT2D eigenvalue weighted by Gasteiger charge is -2.43. The molecule has 0 spiro atoms. The summed E-state index contributed by atoms with van der Waals surface area (Å²) in [6.07, 6.45) is -0.912. The number of benzene rings is 3. The Bertz CT molecular complexity index is 1300. The molecule has 39 heavy (non-hydrogen) atoms. The molecule has 4 unspecified atom stereocenters. The van der Waals surface area contributed by atoms with Gasteiger partial charge in [-0.3, -0.25) is 14.5 Å². The lowest BCUT2D eigenvalue weighted by molar-refractivity contribution is -0.277. The highest BCUT2D eigenvalue weighted by molar-refractivity contribution is 6.34. The van der Waals surface area contributed by atoms with Crippen molar-refractivity contribution in [2.75, 3.05) is 37.7 Å². The van der Waals surface area contributed by atoms with Crippen molar-refractivity contribution in [3.05, 3.63) is 101 Å². The van der Waals surface area contributed by atoms with E-state index in [1.807, 2.05) is 36.4 Å². The predicted octanol–water partition coefficient (Wildman–Crippen LogP) is 4.10.